The van der Waals surface area contributed by atoms with Crippen LogP contribution in [0.5, 0.6) is 0 Å². The van der Waals surface area contributed by atoms with Gasteiger partial charge in [-0.25, -0.2) is 0 Å². The quantitative estimate of drug-likeness (QED) is 0.725. The lowest BCUT2D eigenvalue weighted by Gasteiger charge is -2.20. The minimum absolute atomic E-state index is 0.0992. The minimum Gasteiger partial charge on any atom is -0.309 e. The van der Waals surface area contributed by atoms with Gasteiger partial charge in [0, 0.05) is 9.50 Å². The van der Waals surface area contributed by atoms with E-state index >= 15 is 0 Å². The van der Waals surface area contributed by atoms with Gasteiger partial charge in [0.1, 0.15) is 0 Å². The molecule has 0 heterocycles. The van der Waals surface area contributed by atoms with Crippen LogP contribution in [-0.2, 0) is 6.42 Å². The highest BCUT2D eigenvalue weighted by Crippen LogP contribution is 2.31. The van der Waals surface area contributed by atoms with Gasteiger partial charge in [0.2, 0.25) is 0 Å². The molecule has 0 saturated carbocycles. The molecule has 1 nitrogen and oxygen atoms in total. The summed E-state index contributed by atoms with van der Waals surface area (Å²) in [5.41, 5.74) is 3.71. The van der Waals surface area contributed by atoms with Crippen molar-refractivity contribution in [3.63, 3.8) is 0 Å². The van der Waals surface area contributed by atoms with Crippen molar-refractivity contribution < 1.29 is 0 Å². The van der Waals surface area contributed by atoms with E-state index in [1.54, 1.807) is 0 Å². The van der Waals surface area contributed by atoms with Crippen LogP contribution in [0.4, 0.5) is 0 Å². The molecule has 112 valence electrons. The first kappa shape index (κ1) is 16.5. The van der Waals surface area contributed by atoms with E-state index in [1.807, 2.05) is 19.2 Å². The summed E-state index contributed by atoms with van der Waals surface area (Å²) in [7, 11) is 1.97. The molecule has 0 aliphatic heterocycles. The van der Waals surface area contributed by atoms with Crippen molar-refractivity contribution in [1.82, 2.24) is 5.32 Å². The van der Waals surface area contributed by atoms with Crippen molar-refractivity contribution >= 4 is 27.5 Å². The zero-order valence-electron chi connectivity index (χ0n) is 12.7. The first-order valence-corrected chi connectivity index (χ1v) is 8.39. The SMILES string of the molecule is CNC(c1cccc(CC(C)C)c1)c1cc(Br)ccc1Cl. The van der Waals surface area contributed by atoms with E-state index < -0.39 is 0 Å². The molecular weight excluding hydrogens is 346 g/mol. The first-order valence-electron chi connectivity index (χ1n) is 7.22. The van der Waals surface area contributed by atoms with Crippen molar-refractivity contribution in [2.75, 3.05) is 7.05 Å². The fourth-order valence-electron chi connectivity index (χ4n) is 2.61. The predicted molar refractivity (Wildman–Crippen MR) is 95.0 cm³/mol. The van der Waals surface area contributed by atoms with Gasteiger partial charge < -0.3 is 5.32 Å². The monoisotopic (exact) mass is 365 g/mol. The largest absolute Gasteiger partial charge is 0.309 e. The average Bonchev–Trinajstić information content (AvgIpc) is 2.43. The molecule has 0 saturated heterocycles. The van der Waals surface area contributed by atoms with Crippen LogP contribution >= 0.6 is 27.5 Å². The number of halogens is 2. The fraction of sp³-hybridized carbons (Fsp3) is 0.333. The summed E-state index contributed by atoms with van der Waals surface area (Å²) in [4.78, 5) is 0. The molecule has 3 heteroatoms. The maximum atomic E-state index is 6.38. The van der Waals surface area contributed by atoms with Crippen LogP contribution in [0.2, 0.25) is 5.02 Å². The van der Waals surface area contributed by atoms with Gasteiger partial charge in [-0.15, -0.1) is 0 Å². The fourth-order valence-corrected chi connectivity index (χ4v) is 3.21. The first-order chi connectivity index (χ1) is 10.0. The Morgan fingerprint density at radius 3 is 2.57 bits per heavy atom. The lowest BCUT2D eigenvalue weighted by atomic mass is 9.94. The molecule has 1 N–H and O–H groups in total. The molecule has 2 aromatic rings. The number of hydrogen-bond acceptors (Lipinski definition) is 1. The summed E-state index contributed by atoms with van der Waals surface area (Å²) < 4.78 is 1.04. The zero-order chi connectivity index (χ0) is 15.4. The van der Waals surface area contributed by atoms with Crippen molar-refractivity contribution in [3.05, 3.63) is 68.7 Å². The molecule has 0 amide bonds. The molecule has 21 heavy (non-hydrogen) atoms. The Morgan fingerprint density at radius 2 is 1.90 bits per heavy atom. The van der Waals surface area contributed by atoms with E-state index in [9.17, 15) is 0 Å². The summed E-state index contributed by atoms with van der Waals surface area (Å²) in [5, 5.41) is 4.16. The highest BCUT2D eigenvalue weighted by molar-refractivity contribution is 9.10. The van der Waals surface area contributed by atoms with Gasteiger partial charge in [-0.1, -0.05) is 65.6 Å². The van der Waals surface area contributed by atoms with Crippen molar-refractivity contribution in [2.24, 2.45) is 5.92 Å². The third-order valence-corrected chi connectivity index (χ3v) is 4.32. The Balaban J connectivity index is 2.39. The Hall–Kier alpha value is -0.830. The van der Waals surface area contributed by atoms with Gasteiger partial charge in [-0.2, -0.15) is 0 Å². The molecule has 1 unspecified atom stereocenters. The minimum atomic E-state index is 0.0992. The highest BCUT2D eigenvalue weighted by Gasteiger charge is 2.16. The van der Waals surface area contributed by atoms with Gasteiger partial charge in [0.15, 0.2) is 0 Å². The summed E-state index contributed by atoms with van der Waals surface area (Å²) in [5.74, 6) is 0.655. The molecular formula is C18H21BrClN. The summed E-state index contributed by atoms with van der Waals surface area (Å²) >= 11 is 9.91. The number of benzene rings is 2. The molecule has 0 spiro atoms. The molecule has 0 aromatic heterocycles. The number of rotatable bonds is 5. The maximum Gasteiger partial charge on any atom is 0.0589 e. The molecule has 1 atom stereocenters. The molecule has 0 fully saturated rings. The van der Waals surface area contributed by atoms with Crippen molar-refractivity contribution in [3.8, 4) is 0 Å². The molecule has 0 aliphatic rings. The maximum absolute atomic E-state index is 6.38. The van der Waals surface area contributed by atoms with E-state index in [-0.39, 0.29) is 6.04 Å². The van der Waals surface area contributed by atoms with Crippen LogP contribution in [-0.4, -0.2) is 7.05 Å². The Bertz CT molecular complexity index is 610. The molecule has 0 aliphatic carbocycles. The van der Waals surface area contributed by atoms with Crippen molar-refractivity contribution in [1.29, 1.82) is 0 Å². The zero-order valence-corrected chi connectivity index (χ0v) is 15.0. The summed E-state index contributed by atoms with van der Waals surface area (Å²) in [6, 6.07) is 14.8. The van der Waals surface area contributed by atoms with Crippen LogP contribution in [0.15, 0.2) is 46.9 Å². The summed E-state index contributed by atoms with van der Waals surface area (Å²) in [6.07, 6.45) is 1.09. The van der Waals surface area contributed by atoms with Gasteiger partial charge in [0.25, 0.3) is 0 Å². The van der Waals surface area contributed by atoms with E-state index in [1.165, 1.54) is 11.1 Å². The van der Waals surface area contributed by atoms with Gasteiger partial charge >= 0.3 is 0 Å². The highest BCUT2D eigenvalue weighted by atomic mass is 79.9. The van der Waals surface area contributed by atoms with E-state index in [0.29, 0.717) is 5.92 Å². The van der Waals surface area contributed by atoms with Crippen LogP contribution in [0.1, 0.15) is 36.6 Å². The van der Waals surface area contributed by atoms with E-state index in [2.05, 4.69) is 65.4 Å². The third-order valence-electron chi connectivity index (χ3n) is 3.49. The molecule has 0 bridgehead atoms. The second kappa shape index (κ2) is 7.44. The number of hydrogen-bond donors (Lipinski definition) is 1. The van der Waals surface area contributed by atoms with Gasteiger partial charge in [0.05, 0.1) is 6.04 Å². The predicted octanol–water partition coefficient (Wildman–Crippen LogP) is 5.61. The Morgan fingerprint density at radius 1 is 1.14 bits per heavy atom. The molecule has 2 rings (SSSR count). The van der Waals surface area contributed by atoms with E-state index in [0.717, 1.165) is 21.5 Å². The number of nitrogens with one attached hydrogen (secondary N) is 1. The average molecular weight is 367 g/mol. The molecule has 0 radical (unpaired) electrons. The smallest absolute Gasteiger partial charge is 0.0589 e. The second-order valence-electron chi connectivity index (χ2n) is 5.73. The molecule has 2 aromatic carbocycles. The normalized spacial score (nSPS) is 12.7. The topological polar surface area (TPSA) is 12.0 Å². The lowest BCUT2D eigenvalue weighted by molar-refractivity contribution is 0.643. The van der Waals surface area contributed by atoms with Gasteiger partial charge in [-0.05, 0) is 54.3 Å². The second-order valence-corrected chi connectivity index (χ2v) is 7.05. The summed E-state index contributed by atoms with van der Waals surface area (Å²) in [6.45, 7) is 4.49. The standard InChI is InChI=1S/C18H21BrClN/c1-12(2)9-13-5-4-6-14(10-13)18(21-3)16-11-15(19)7-8-17(16)20/h4-8,10-12,18,21H,9H2,1-3H3. The van der Waals surface area contributed by atoms with Crippen LogP contribution in [0, 0.1) is 5.92 Å². The van der Waals surface area contributed by atoms with E-state index in [4.69, 9.17) is 11.6 Å². The van der Waals surface area contributed by atoms with Crippen molar-refractivity contribution in [2.45, 2.75) is 26.3 Å². The van der Waals surface area contributed by atoms with Crippen LogP contribution in [0.3, 0.4) is 0 Å². The van der Waals surface area contributed by atoms with Crippen LogP contribution < -0.4 is 5.32 Å². The van der Waals surface area contributed by atoms with Crippen LogP contribution in [0.25, 0.3) is 0 Å². The van der Waals surface area contributed by atoms with Gasteiger partial charge in [-0.3, -0.25) is 0 Å². The Labute approximate surface area is 140 Å². The third kappa shape index (κ3) is 4.32. The Kier molecular flexibility index (Phi) is 5.86. The lowest BCUT2D eigenvalue weighted by Crippen LogP contribution is -2.18.